The van der Waals surface area contributed by atoms with Crippen molar-refractivity contribution in [3.8, 4) is 0 Å². The van der Waals surface area contributed by atoms with Gasteiger partial charge in [-0.2, -0.15) is 0 Å². The van der Waals surface area contributed by atoms with E-state index >= 15 is 0 Å². The molecule has 0 rings (SSSR count). The second kappa shape index (κ2) is 18.1. The highest BCUT2D eigenvalue weighted by Gasteiger charge is 2.15. The van der Waals surface area contributed by atoms with E-state index in [4.69, 9.17) is 18.9 Å². The molecular weight excluding hydrogens is 424 g/mol. The van der Waals surface area contributed by atoms with E-state index < -0.39 is 36.5 Å². The summed E-state index contributed by atoms with van der Waals surface area (Å²) in [5.41, 5.74) is 0. The summed E-state index contributed by atoms with van der Waals surface area (Å²) in [6.45, 7) is 5.25. The third-order valence-electron chi connectivity index (χ3n) is 4.32. The number of ether oxygens (including phenoxy) is 4. The van der Waals surface area contributed by atoms with Gasteiger partial charge in [0, 0.05) is 59.6 Å². The third kappa shape index (κ3) is 19.6. The van der Waals surface area contributed by atoms with Crippen molar-refractivity contribution < 1.29 is 38.1 Å². The minimum absolute atomic E-state index is 0.125. The van der Waals surface area contributed by atoms with E-state index in [-0.39, 0.29) is 19.0 Å². The Hall–Kier alpha value is -1.69. The molecule has 0 bridgehead atoms. The van der Waals surface area contributed by atoms with E-state index in [0.717, 1.165) is 24.9 Å². The summed E-state index contributed by atoms with van der Waals surface area (Å²) >= 11 is 0. The van der Waals surface area contributed by atoms with Crippen LogP contribution in [-0.2, 0) is 38.1 Å². The first-order valence-electron chi connectivity index (χ1n) is 10.9. The molecule has 0 aromatic heterocycles. The van der Waals surface area contributed by atoms with Crippen molar-refractivity contribution in [2.24, 2.45) is 0 Å². The van der Waals surface area contributed by atoms with E-state index in [9.17, 15) is 19.2 Å². The molecule has 0 aliphatic heterocycles. The lowest BCUT2D eigenvalue weighted by Gasteiger charge is -2.16. The van der Waals surface area contributed by atoms with Gasteiger partial charge in [-0.3, -0.25) is 19.2 Å². The molecule has 0 unspecified atom stereocenters. The van der Waals surface area contributed by atoms with Crippen LogP contribution in [-0.4, -0.2) is 55.5 Å². The summed E-state index contributed by atoms with van der Waals surface area (Å²) in [6.07, 6.45) is 4.00. The summed E-state index contributed by atoms with van der Waals surface area (Å²) in [4.78, 5) is 44.1. The molecule has 0 aliphatic carbocycles. The van der Waals surface area contributed by atoms with Gasteiger partial charge in [0.1, 0.15) is 0 Å². The zero-order valence-corrected chi connectivity index (χ0v) is 21.7. The van der Waals surface area contributed by atoms with Crippen LogP contribution in [0.4, 0.5) is 0 Å². The van der Waals surface area contributed by atoms with Crippen LogP contribution < -0.4 is 0 Å². The fourth-order valence-electron chi connectivity index (χ4n) is 3.06. The van der Waals surface area contributed by atoms with E-state index in [1.165, 1.54) is 52.6 Å². The Morgan fingerprint density at radius 3 is 1.07 bits per heavy atom. The van der Waals surface area contributed by atoms with E-state index in [1.54, 1.807) is 0 Å². The number of rotatable bonds is 17. The lowest BCUT2D eigenvalue weighted by molar-refractivity contribution is -0.187. The average molecular weight is 463 g/mol. The largest absolute Gasteiger partial charge is 0.425 e. The Bertz CT molecular complexity index is 449. The maximum atomic E-state index is 11.0. The van der Waals surface area contributed by atoms with Gasteiger partial charge >= 0.3 is 23.9 Å². The van der Waals surface area contributed by atoms with Gasteiger partial charge in [0.2, 0.25) is 12.6 Å². The van der Waals surface area contributed by atoms with Gasteiger partial charge in [0.25, 0.3) is 0 Å². The minimum Gasteiger partial charge on any atom is -0.425 e. The first kappa shape index (κ1) is 28.3. The fourth-order valence-corrected chi connectivity index (χ4v) is 6.47. The first-order chi connectivity index (χ1) is 14.2. The van der Waals surface area contributed by atoms with E-state index in [1.807, 2.05) is 0 Å². The van der Waals surface area contributed by atoms with Crippen LogP contribution in [0.1, 0.15) is 66.2 Å². The van der Waals surface area contributed by atoms with Gasteiger partial charge in [0.15, 0.2) is 0 Å². The highest BCUT2D eigenvalue weighted by atomic mass is 28.2. The van der Waals surface area contributed by atoms with Crippen LogP contribution >= 0.6 is 0 Å². The monoisotopic (exact) mass is 462 g/mol. The van der Waals surface area contributed by atoms with E-state index in [2.05, 4.69) is 0 Å². The van der Waals surface area contributed by atoms with Gasteiger partial charge in [0.05, 0.1) is 0 Å². The van der Waals surface area contributed by atoms with E-state index in [0.29, 0.717) is 12.8 Å². The van der Waals surface area contributed by atoms with Crippen molar-refractivity contribution in [1.82, 2.24) is 0 Å². The van der Waals surface area contributed by atoms with Crippen molar-refractivity contribution in [2.45, 2.75) is 103 Å². The predicted octanol–water partition coefficient (Wildman–Crippen LogP) is 2.24. The van der Waals surface area contributed by atoms with Gasteiger partial charge in [-0.15, -0.1) is 0 Å². The maximum absolute atomic E-state index is 11.0. The van der Waals surface area contributed by atoms with Gasteiger partial charge in [-0.1, -0.05) is 37.0 Å². The molecule has 0 aromatic carbocycles. The molecule has 8 nitrogen and oxygen atoms in total. The Morgan fingerprint density at radius 2 is 0.800 bits per heavy atom. The minimum atomic E-state index is -0.749. The van der Waals surface area contributed by atoms with Crippen molar-refractivity contribution in [3.63, 3.8) is 0 Å². The normalized spacial score (nSPS) is 11.5. The standard InChI is InChI=1S/C20H38O8Si2/c1-15(21)25-19(26-16(2)22)9-7-13-29-11-5-6-12-30-14-8-10-20(27-17(3)23)28-18(4)24/h19-20H,5-14,29-30H2,1-4H3. The van der Waals surface area contributed by atoms with Crippen LogP contribution in [0, 0.1) is 0 Å². The molecule has 0 saturated carbocycles. The summed E-state index contributed by atoms with van der Waals surface area (Å²) in [7, 11) is -0.250. The van der Waals surface area contributed by atoms with Crippen molar-refractivity contribution in [2.75, 3.05) is 0 Å². The highest BCUT2D eigenvalue weighted by molar-refractivity contribution is 6.36. The SMILES string of the molecule is CC(=O)OC(CCC[SiH2]CCCC[SiH2]CCCC(OC(C)=O)OC(C)=O)OC(C)=O. The molecular formula is C20H38O8Si2. The quantitative estimate of drug-likeness (QED) is 0.140. The second-order valence-corrected chi connectivity index (χ2v) is 11.7. The molecule has 0 aromatic rings. The molecule has 0 aliphatic rings. The maximum Gasteiger partial charge on any atom is 0.305 e. The molecule has 0 fully saturated rings. The summed E-state index contributed by atoms with van der Waals surface area (Å²) < 4.78 is 20.0. The molecule has 0 heterocycles. The topological polar surface area (TPSA) is 105 Å². The van der Waals surface area contributed by atoms with Gasteiger partial charge in [-0.25, -0.2) is 0 Å². The summed E-state index contributed by atoms with van der Waals surface area (Å²) in [5.74, 6) is -1.74. The van der Waals surface area contributed by atoms with Gasteiger partial charge < -0.3 is 18.9 Å². The van der Waals surface area contributed by atoms with Crippen LogP contribution in [0.25, 0.3) is 0 Å². The van der Waals surface area contributed by atoms with Crippen molar-refractivity contribution >= 4 is 42.9 Å². The predicted molar refractivity (Wildman–Crippen MR) is 119 cm³/mol. The molecule has 0 radical (unpaired) electrons. The molecule has 0 N–H and O–H groups in total. The zero-order chi connectivity index (χ0) is 22.8. The molecule has 0 atom stereocenters. The number of hydrogen-bond donors (Lipinski definition) is 0. The number of esters is 4. The van der Waals surface area contributed by atoms with Crippen LogP contribution in [0.3, 0.4) is 0 Å². The Morgan fingerprint density at radius 1 is 0.533 bits per heavy atom. The first-order valence-corrected chi connectivity index (χ1v) is 14.9. The Balaban J connectivity index is 3.62. The number of carbonyl (C=O) groups excluding carboxylic acids is 4. The Kier molecular flexibility index (Phi) is 17.1. The summed E-state index contributed by atoms with van der Waals surface area (Å²) in [6, 6.07) is 4.93. The average Bonchev–Trinajstić information content (AvgIpc) is 2.60. The van der Waals surface area contributed by atoms with Crippen molar-refractivity contribution in [3.05, 3.63) is 0 Å². The van der Waals surface area contributed by atoms with Crippen LogP contribution in [0.15, 0.2) is 0 Å². The molecule has 0 saturated heterocycles. The zero-order valence-electron chi connectivity index (χ0n) is 18.9. The highest BCUT2D eigenvalue weighted by Crippen LogP contribution is 2.12. The number of hydrogen-bond acceptors (Lipinski definition) is 8. The molecule has 0 spiro atoms. The molecule has 10 heteroatoms. The lowest BCUT2D eigenvalue weighted by atomic mass is 10.3. The molecule has 174 valence electrons. The van der Waals surface area contributed by atoms with Crippen LogP contribution in [0.2, 0.25) is 24.2 Å². The number of unbranched alkanes of at least 4 members (excludes halogenated alkanes) is 1. The smallest absolute Gasteiger partial charge is 0.305 e. The summed E-state index contributed by atoms with van der Waals surface area (Å²) in [5, 5.41) is 0. The molecule has 30 heavy (non-hydrogen) atoms. The fraction of sp³-hybridized carbons (Fsp3) is 0.800. The number of carbonyl (C=O) groups is 4. The lowest BCUT2D eigenvalue weighted by Crippen LogP contribution is -2.22. The second-order valence-electron chi connectivity index (χ2n) is 7.41. The third-order valence-corrected chi connectivity index (χ3v) is 8.32. The molecule has 0 amide bonds. The van der Waals surface area contributed by atoms with Gasteiger partial charge in [-0.05, 0) is 12.8 Å². The van der Waals surface area contributed by atoms with Crippen LogP contribution in [0.5, 0.6) is 0 Å². The Labute approximate surface area is 184 Å². The van der Waals surface area contributed by atoms with Crippen molar-refractivity contribution in [1.29, 1.82) is 0 Å².